The van der Waals surface area contributed by atoms with Crippen LogP contribution in [0.5, 0.6) is 0 Å². The van der Waals surface area contributed by atoms with Gasteiger partial charge in [-0.3, -0.25) is 4.68 Å². The van der Waals surface area contributed by atoms with E-state index in [4.69, 9.17) is 0 Å². The summed E-state index contributed by atoms with van der Waals surface area (Å²) < 4.78 is 1.89. The third-order valence-electron chi connectivity index (χ3n) is 3.82. The van der Waals surface area contributed by atoms with Crippen LogP contribution in [-0.4, -0.2) is 22.9 Å². The first-order valence-corrected chi connectivity index (χ1v) is 6.45. The molecule has 0 spiro atoms. The molecule has 1 saturated carbocycles. The molecule has 90 valence electrons. The second-order valence-corrected chi connectivity index (χ2v) is 4.96. The molecule has 1 atom stereocenters. The van der Waals surface area contributed by atoms with Gasteiger partial charge >= 0.3 is 0 Å². The zero-order chi connectivity index (χ0) is 11.4. The Morgan fingerprint density at radius 3 is 2.81 bits per heavy atom. The molecule has 1 heterocycles. The van der Waals surface area contributed by atoms with E-state index in [2.05, 4.69) is 23.5 Å². The van der Waals surface area contributed by atoms with Gasteiger partial charge in [-0.25, -0.2) is 0 Å². The Morgan fingerprint density at radius 2 is 2.25 bits per heavy atom. The Balaban J connectivity index is 1.82. The maximum atomic E-state index is 4.43. The van der Waals surface area contributed by atoms with Gasteiger partial charge in [0, 0.05) is 19.3 Å². The van der Waals surface area contributed by atoms with Gasteiger partial charge < -0.3 is 5.32 Å². The fraction of sp³-hybridized carbons (Fsp3) is 0.769. The van der Waals surface area contributed by atoms with Crippen LogP contribution in [0.2, 0.25) is 0 Å². The van der Waals surface area contributed by atoms with E-state index in [1.807, 2.05) is 17.9 Å². The highest BCUT2D eigenvalue weighted by atomic mass is 15.2. The SMILES string of the molecule is CNC(CCc1ccn(C)n1)C1CCCC1. The van der Waals surface area contributed by atoms with Crippen LogP contribution in [0.25, 0.3) is 0 Å². The molecule has 3 heteroatoms. The third-order valence-corrected chi connectivity index (χ3v) is 3.82. The first-order chi connectivity index (χ1) is 7.79. The largest absolute Gasteiger partial charge is 0.317 e. The Bertz CT molecular complexity index is 313. The van der Waals surface area contributed by atoms with E-state index in [9.17, 15) is 0 Å². The molecular weight excluding hydrogens is 198 g/mol. The van der Waals surface area contributed by atoms with E-state index >= 15 is 0 Å². The predicted molar refractivity (Wildman–Crippen MR) is 66.3 cm³/mol. The highest BCUT2D eigenvalue weighted by molar-refractivity contribution is 4.99. The molecule has 1 unspecified atom stereocenters. The van der Waals surface area contributed by atoms with Gasteiger partial charge in [-0.1, -0.05) is 12.8 Å². The van der Waals surface area contributed by atoms with Gasteiger partial charge in [-0.2, -0.15) is 5.10 Å². The van der Waals surface area contributed by atoms with Crippen molar-refractivity contribution < 1.29 is 0 Å². The Kier molecular flexibility index (Phi) is 3.99. The van der Waals surface area contributed by atoms with E-state index in [1.54, 1.807) is 0 Å². The summed E-state index contributed by atoms with van der Waals surface area (Å²) in [5.41, 5.74) is 1.22. The summed E-state index contributed by atoms with van der Waals surface area (Å²) >= 11 is 0. The van der Waals surface area contributed by atoms with Crippen molar-refractivity contribution in [3.63, 3.8) is 0 Å². The minimum Gasteiger partial charge on any atom is -0.317 e. The molecule has 0 saturated heterocycles. The molecule has 0 aromatic carbocycles. The lowest BCUT2D eigenvalue weighted by Crippen LogP contribution is -2.32. The van der Waals surface area contributed by atoms with Crippen LogP contribution < -0.4 is 5.32 Å². The smallest absolute Gasteiger partial charge is 0.0625 e. The normalized spacial score (nSPS) is 19.1. The summed E-state index contributed by atoms with van der Waals surface area (Å²) in [6.07, 6.45) is 10.0. The second-order valence-electron chi connectivity index (χ2n) is 4.96. The maximum Gasteiger partial charge on any atom is 0.0625 e. The van der Waals surface area contributed by atoms with Gasteiger partial charge in [0.2, 0.25) is 0 Å². The molecule has 3 nitrogen and oxygen atoms in total. The van der Waals surface area contributed by atoms with Gasteiger partial charge in [-0.15, -0.1) is 0 Å². The molecular formula is C13H23N3. The van der Waals surface area contributed by atoms with Crippen molar-refractivity contribution in [1.29, 1.82) is 0 Å². The van der Waals surface area contributed by atoms with Crippen LogP contribution in [0.15, 0.2) is 12.3 Å². The van der Waals surface area contributed by atoms with Gasteiger partial charge in [-0.05, 0) is 44.7 Å². The summed E-state index contributed by atoms with van der Waals surface area (Å²) in [7, 11) is 4.08. The molecule has 0 amide bonds. The topological polar surface area (TPSA) is 29.9 Å². The van der Waals surface area contributed by atoms with Crippen molar-refractivity contribution >= 4 is 0 Å². The number of hydrogen-bond donors (Lipinski definition) is 1. The average molecular weight is 221 g/mol. The molecule has 16 heavy (non-hydrogen) atoms. The van der Waals surface area contributed by atoms with Crippen LogP contribution in [0.1, 0.15) is 37.8 Å². The zero-order valence-corrected chi connectivity index (χ0v) is 10.4. The molecule has 1 aliphatic rings. The minimum absolute atomic E-state index is 0.685. The van der Waals surface area contributed by atoms with Gasteiger partial charge in [0.25, 0.3) is 0 Å². The molecule has 1 aromatic rings. The monoisotopic (exact) mass is 221 g/mol. The lowest BCUT2D eigenvalue weighted by Gasteiger charge is -2.22. The average Bonchev–Trinajstić information content (AvgIpc) is 2.91. The number of aryl methyl sites for hydroxylation is 2. The number of rotatable bonds is 5. The van der Waals surface area contributed by atoms with Crippen LogP contribution >= 0.6 is 0 Å². The Morgan fingerprint density at radius 1 is 1.50 bits per heavy atom. The molecule has 2 rings (SSSR count). The second kappa shape index (κ2) is 5.48. The number of hydrogen-bond acceptors (Lipinski definition) is 2. The molecule has 1 N–H and O–H groups in total. The first-order valence-electron chi connectivity index (χ1n) is 6.45. The summed E-state index contributed by atoms with van der Waals surface area (Å²) in [5.74, 6) is 0.897. The van der Waals surface area contributed by atoms with Crippen molar-refractivity contribution in [1.82, 2.24) is 15.1 Å². The fourth-order valence-corrected chi connectivity index (χ4v) is 2.88. The van der Waals surface area contributed by atoms with E-state index in [0.29, 0.717) is 6.04 Å². The summed E-state index contributed by atoms with van der Waals surface area (Å²) in [6.45, 7) is 0. The van der Waals surface area contributed by atoms with Crippen molar-refractivity contribution in [2.75, 3.05) is 7.05 Å². The highest BCUT2D eigenvalue weighted by Crippen LogP contribution is 2.29. The lowest BCUT2D eigenvalue weighted by atomic mass is 9.94. The van der Waals surface area contributed by atoms with Crippen molar-refractivity contribution in [3.05, 3.63) is 18.0 Å². The van der Waals surface area contributed by atoms with E-state index in [-0.39, 0.29) is 0 Å². The number of nitrogens with zero attached hydrogens (tertiary/aromatic N) is 2. The minimum atomic E-state index is 0.685. The van der Waals surface area contributed by atoms with Crippen molar-refractivity contribution in [3.8, 4) is 0 Å². The Hall–Kier alpha value is -0.830. The van der Waals surface area contributed by atoms with E-state index in [0.717, 1.165) is 12.3 Å². The lowest BCUT2D eigenvalue weighted by molar-refractivity contribution is 0.359. The number of aromatic nitrogens is 2. The van der Waals surface area contributed by atoms with E-state index < -0.39 is 0 Å². The fourth-order valence-electron chi connectivity index (χ4n) is 2.88. The molecule has 0 aliphatic heterocycles. The predicted octanol–water partition coefficient (Wildman–Crippen LogP) is 2.13. The molecule has 0 bridgehead atoms. The summed E-state index contributed by atoms with van der Waals surface area (Å²) in [6, 6.07) is 2.81. The van der Waals surface area contributed by atoms with Crippen LogP contribution in [0.3, 0.4) is 0 Å². The zero-order valence-electron chi connectivity index (χ0n) is 10.4. The third kappa shape index (κ3) is 2.85. The standard InChI is InChI=1S/C13H23N3/c1-14-13(11-5-3-4-6-11)8-7-12-9-10-16(2)15-12/h9-11,13-14H,3-8H2,1-2H3. The number of nitrogens with one attached hydrogen (secondary N) is 1. The highest BCUT2D eigenvalue weighted by Gasteiger charge is 2.23. The summed E-state index contributed by atoms with van der Waals surface area (Å²) in [4.78, 5) is 0. The molecule has 1 fully saturated rings. The molecule has 0 radical (unpaired) electrons. The van der Waals surface area contributed by atoms with Crippen LogP contribution in [-0.2, 0) is 13.5 Å². The maximum absolute atomic E-state index is 4.43. The quantitative estimate of drug-likeness (QED) is 0.825. The first kappa shape index (κ1) is 11.6. The van der Waals surface area contributed by atoms with Gasteiger partial charge in [0.05, 0.1) is 5.69 Å². The molecule has 1 aliphatic carbocycles. The van der Waals surface area contributed by atoms with Gasteiger partial charge in [0.15, 0.2) is 0 Å². The van der Waals surface area contributed by atoms with Crippen LogP contribution in [0, 0.1) is 5.92 Å². The van der Waals surface area contributed by atoms with Crippen molar-refractivity contribution in [2.24, 2.45) is 13.0 Å². The van der Waals surface area contributed by atoms with Gasteiger partial charge in [0.1, 0.15) is 0 Å². The molecule has 1 aromatic heterocycles. The van der Waals surface area contributed by atoms with Crippen molar-refractivity contribution in [2.45, 2.75) is 44.6 Å². The van der Waals surface area contributed by atoms with Crippen LogP contribution in [0.4, 0.5) is 0 Å². The summed E-state index contributed by atoms with van der Waals surface area (Å²) in [5, 5.41) is 7.92. The van der Waals surface area contributed by atoms with E-state index in [1.165, 1.54) is 37.8 Å². The Labute approximate surface area is 98.2 Å².